The van der Waals surface area contributed by atoms with E-state index in [1.54, 1.807) is 23.3 Å². The molecule has 2 rings (SSSR count). The molecule has 0 saturated heterocycles. The summed E-state index contributed by atoms with van der Waals surface area (Å²) in [6.07, 6.45) is 0.984. The van der Waals surface area contributed by atoms with Gasteiger partial charge in [0.15, 0.2) is 0 Å². The zero-order chi connectivity index (χ0) is 15.2. The first-order chi connectivity index (χ1) is 10.1. The van der Waals surface area contributed by atoms with Crippen LogP contribution in [0.25, 0.3) is 0 Å². The Bertz CT molecular complexity index is 607. The summed E-state index contributed by atoms with van der Waals surface area (Å²) in [5, 5.41) is 1.93. The van der Waals surface area contributed by atoms with Crippen LogP contribution in [-0.4, -0.2) is 36.1 Å². The Hall–Kier alpha value is -1.50. The number of carbonyl (C=O) groups is 1. The molecule has 0 fully saturated rings. The third-order valence-corrected chi connectivity index (χ3v) is 3.98. The minimum atomic E-state index is -0.592. The number of carbonyl (C=O) groups excluding carboxylic acids is 1. The molecule has 0 aromatic carbocycles. The number of amides is 1. The quantitative estimate of drug-likeness (QED) is 0.765. The van der Waals surface area contributed by atoms with E-state index in [0.29, 0.717) is 19.7 Å². The van der Waals surface area contributed by atoms with E-state index >= 15 is 0 Å². The van der Waals surface area contributed by atoms with Gasteiger partial charge in [0.1, 0.15) is 11.0 Å². The molecular weight excluding hydrogens is 315 g/mol. The largest absolute Gasteiger partial charge is 0.383 e. The molecule has 0 bridgehead atoms. The van der Waals surface area contributed by atoms with Crippen LogP contribution in [0.1, 0.15) is 15.2 Å². The van der Waals surface area contributed by atoms with Crippen LogP contribution in [0.15, 0.2) is 29.8 Å². The predicted molar refractivity (Wildman–Crippen MR) is 80.1 cm³/mol. The molecule has 1 amide bonds. The van der Waals surface area contributed by atoms with Crippen molar-refractivity contribution in [3.05, 3.63) is 51.2 Å². The van der Waals surface area contributed by atoms with Gasteiger partial charge in [-0.1, -0.05) is 17.7 Å². The summed E-state index contributed by atoms with van der Waals surface area (Å²) < 4.78 is 18.3. The van der Waals surface area contributed by atoms with Gasteiger partial charge in [0.05, 0.1) is 24.9 Å². The van der Waals surface area contributed by atoms with Gasteiger partial charge in [0, 0.05) is 18.5 Å². The molecule has 0 atom stereocenters. The van der Waals surface area contributed by atoms with Crippen LogP contribution in [0.3, 0.4) is 0 Å². The molecule has 2 aromatic heterocycles. The number of pyridine rings is 1. The van der Waals surface area contributed by atoms with Crippen molar-refractivity contribution in [1.29, 1.82) is 0 Å². The monoisotopic (exact) mass is 328 g/mol. The molecule has 2 heterocycles. The van der Waals surface area contributed by atoms with Crippen molar-refractivity contribution in [3.8, 4) is 0 Å². The normalized spacial score (nSPS) is 10.6. The second kappa shape index (κ2) is 7.49. The minimum absolute atomic E-state index is 0.00463. The topological polar surface area (TPSA) is 42.4 Å². The van der Waals surface area contributed by atoms with E-state index in [4.69, 9.17) is 16.3 Å². The van der Waals surface area contributed by atoms with Gasteiger partial charge in [-0.05, 0) is 17.5 Å². The van der Waals surface area contributed by atoms with Crippen LogP contribution < -0.4 is 0 Å². The Balaban J connectivity index is 2.22. The molecule has 7 heteroatoms. The zero-order valence-electron chi connectivity index (χ0n) is 11.4. The van der Waals surface area contributed by atoms with Gasteiger partial charge < -0.3 is 9.64 Å². The van der Waals surface area contributed by atoms with Crippen molar-refractivity contribution in [3.63, 3.8) is 0 Å². The zero-order valence-corrected chi connectivity index (χ0v) is 13.0. The van der Waals surface area contributed by atoms with E-state index in [-0.39, 0.29) is 16.6 Å². The number of halogens is 2. The van der Waals surface area contributed by atoms with Crippen LogP contribution >= 0.6 is 22.9 Å². The molecule has 0 aliphatic rings. The van der Waals surface area contributed by atoms with E-state index in [1.165, 1.54) is 0 Å². The first kappa shape index (κ1) is 15.9. The highest BCUT2D eigenvalue weighted by Crippen LogP contribution is 2.19. The number of aromatic nitrogens is 1. The first-order valence-corrected chi connectivity index (χ1v) is 7.49. The van der Waals surface area contributed by atoms with E-state index in [2.05, 4.69) is 4.98 Å². The van der Waals surface area contributed by atoms with Gasteiger partial charge in [-0.2, -0.15) is 0 Å². The molecule has 0 spiro atoms. The lowest BCUT2D eigenvalue weighted by Crippen LogP contribution is -2.33. The summed E-state index contributed by atoms with van der Waals surface area (Å²) in [5.74, 6) is -0.956. The van der Waals surface area contributed by atoms with E-state index < -0.39 is 5.82 Å². The summed E-state index contributed by atoms with van der Waals surface area (Å²) in [7, 11) is 1.56. The second-order valence-electron chi connectivity index (χ2n) is 4.29. The van der Waals surface area contributed by atoms with Crippen LogP contribution in [0.5, 0.6) is 0 Å². The Morgan fingerprint density at radius 1 is 1.57 bits per heavy atom. The van der Waals surface area contributed by atoms with Crippen LogP contribution in [0.2, 0.25) is 5.15 Å². The number of nitrogens with zero attached hydrogens (tertiary/aromatic N) is 2. The Labute approximate surface area is 131 Å². The van der Waals surface area contributed by atoms with Gasteiger partial charge in [-0.15, -0.1) is 11.3 Å². The predicted octanol–water partition coefficient (Wildman–Crippen LogP) is 3.22. The van der Waals surface area contributed by atoms with Gasteiger partial charge in [0.2, 0.25) is 0 Å². The number of thiophene rings is 1. The first-order valence-electron chi connectivity index (χ1n) is 6.23. The summed E-state index contributed by atoms with van der Waals surface area (Å²) in [5.41, 5.74) is 0.0596. The Kier molecular flexibility index (Phi) is 5.67. The number of hydrogen-bond donors (Lipinski definition) is 0. The van der Waals surface area contributed by atoms with Gasteiger partial charge in [0.25, 0.3) is 5.91 Å². The molecule has 0 N–H and O–H groups in total. The fourth-order valence-corrected chi connectivity index (χ4v) is 2.69. The third kappa shape index (κ3) is 4.23. The molecule has 0 radical (unpaired) electrons. The minimum Gasteiger partial charge on any atom is -0.383 e. The maximum atomic E-state index is 13.3. The van der Waals surface area contributed by atoms with Crippen LogP contribution in [0.4, 0.5) is 4.39 Å². The van der Waals surface area contributed by atoms with Crippen LogP contribution in [0, 0.1) is 5.82 Å². The molecule has 0 aliphatic heterocycles. The molecule has 0 aliphatic carbocycles. The Morgan fingerprint density at radius 3 is 3.05 bits per heavy atom. The van der Waals surface area contributed by atoms with Gasteiger partial charge in [-0.25, -0.2) is 9.37 Å². The van der Waals surface area contributed by atoms with E-state index in [9.17, 15) is 9.18 Å². The van der Waals surface area contributed by atoms with Crippen molar-refractivity contribution in [2.45, 2.75) is 6.54 Å². The average Bonchev–Trinajstić information content (AvgIpc) is 2.98. The maximum absolute atomic E-state index is 13.3. The summed E-state index contributed by atoms with van der Waals surface area (Å²) in [6, 6.07) is 4.95. The third-order valence-electron chi connectivity index (χ3n) is 2.82. The fourth-order valence-electron chi connectivity index (χ4n) is 1.79. The van der Waals surface area contributed by atoms with Crippen molar-refractivity contribution in [2.75, 3.05) is 20.3 Å². The summed E-state index contributed by atoms with van der Waals surface area (Å²) in [4.78, 5) is 18.8. The lowest BCUT2D eigenvalue weighted by atomic mass is 10.2. The molecule has 0 unspecified atom stereocenters. The highest BCUT2D eigenvalue weighted by molar-refractivity contribution is 7.09. The lowest BCUT2D eigenvalue weighted by molar-refractivity contribution is 0.0681. The average molecular weight is 329 g/mol. The lowest BCUT2D eigenvalue weighted by Gasteiger charge is -2.22. The van der Waals surface area contributed by atoms with Crippen molar-refractivity contribution >= 4 is 28.8 Å². The van der Waals surface area contributed by atoms with Crippen molar-refractivity contribution in [2.24, 2.45) is 0 Å². The SMILES string of the molecule is COCCN(Cc1cccs1)C(=O)c1cc(F)cnc1Cl. The van der Waals surface area contributed by atoms with E-state index in [0.717, 1.165) is 17.1 Å². The fraction of sp³-hybridized carbons (Fsp3) is 0.286. The summed E-state index contributed by atoms with van der Waals surface area (Å²) >= 11 is 7.44. The standard InChI is InChI=1S/C14H14ClFN2O2S/c1-20-5-4-18(9-11-3-2-6-21-11)14(19)12-7-10(16)8-17-13(12)15/h2-3,6-8H,4-5,9H2,1H3. The molecule has 4 nitrogen and oxygen atoms in total. The molecule has 21 heavy (non-hydrogen) atoms. The van der Waals surface area contributed by atoms with E-state index in [1.807, 2.05) is 17.5 Å². The molecule has 0 saturated carbocycles. The Morgan fingerprint density at radius 2 is 2.38 bits per heavy atom. The highest BCUT2D eigenvalue weighted by atomic mass is 35.5. The number of methoxy groups -OCH3 is 1. The molecular formula is C14H14ClFN2O2S. The summed E-state index contributed by atoms with van der Waals surface area (Å²) in [6.45, 7) is 1.20. The molecule has 112 valence electrons. The maximum Gasteiger partial charge on any atom is 0.257 e. The highest BCUT2D eigenvalue weighted by Gasteiger charge is 2.20. The number of hydrogen-bond acceptors (Lipinski definition) is 4. The van der Waals surface area contributed by atoms with Gasteiger partial charge >= 0.3 is 0 Å². The smallest absolute Gasteiger partial charge is 0.257 e. The second-order valence-corrected chi connectivity index (χ2v) is 5.68. The number of ether oxygens (including phenoxy) is 1. The van der Waals surface area contributed by atoms with Gasteiger partial charge in [-0.3, -0.25) is 4.79 Å². The van der Waals surface area contributed by atoms with Crippen molar-refractivity contribution in [1.82, 2.24) is 9.88 Å². The van der Waals surface area contributed by atoms with Crippen LogP contribution in [-0.2, 0) is 11.3 Å². The molecule has 2 aromatic rings. The van der Waals surface area contributed by atoms with Crippen molar-refractivity contribution < 1.29 is 13.9 Å². The number of rotatable bonds is 6.